The van der Waals surface area contributed by atoms with Crippen molar-refractivity contribution in [1.82, 2.24) is 9.55 Å². The van der Waals surface area contributed by atoms with Crippen molar-refractivity contribution in [3.05, 3.63) is 85.4 Å². The largest absolute Gasteiger partial charge is 0.472 e. The zero-order chi connectivity index (χ0) is 22.9. The van der Waals surface area contributed by atoms with Crippen LogP contribution in [-0.2, 0) is 6.61 Å². The third-order valence-electron chi connectivity index (χ3n) is 4.73. The van der Waals surface area contributed by atoms with Gasteiger partial charge in [-0.25, -0.2) is 8.78 Å². The number of nitrogens with zero attached hydrogens (tertiary/aromatic N) is 2. The van der Waals surface area contributed by atoms with Gasteiger partial charge < -0.3 is 10.5 Å². The number of amides is 1. The molecule has 0 saturated carbocycles. The summed E-state index contributed by atoms with van der Waals surface area (Å²) in [4.78, 5) is 29.0. The average molecular weight is 492 g/mol. The minimum absolute atomic E-state index is 0.00284. The molecule has 0 aliphatic heterocycles. The lowest BCUT2D eigenvalue weighted by atomic mass is 9.96. The van der Waals surface area contributed by atoms with E-state index in [9.17, 15) is 18.4 Å². The van der Waals surface area contributed by atoms with Crippen molar-refractivity contribution in [2.24, 2.45) is 5.73 Å². The molecule has 1 heterocycles. The lowest BCUT2D eigenvalue weighted by Gasteiger charge is -2.17. The second-order valence-corrected chi connectivity index (χ2v) is 8.03. The number of halogens is 3. The molecular formula is C22H20BrF2N3O3. The molecule has 0 radical (unpaired) electrons. The van der Waals surface area contributed by atoms with Crippen LogP contribution >= 0.6 is 15.9 Å². The Morgan fingerprint density at radius 2 is 1.94 bits per heavy atom. The second kappa shape index (κ2) is 8.97. The Morgan fingerprint density at radius 3 is 2.55 bits per heavy atom. The summed E-state index contributed by atoms with van der Waals surface area (Å²) in [5.74, 6) is -1.68. The van der Waals surface area contributed by atoms with Gasteiger partial charge in [-0.15, -0.1) is 0 Å². The number of ether oxygens (including phenoxy) is 1. The highest BCUT2D eigenvalue weighted by molar-refractivity contribution is 9.10. The Labute approximate surface area is 185 Å². The van der Waals surface area contributed by atoms with Gasteiger partial charge in [0.2, 0.25) is 11.8 Å². The highest BCUT2D eigenvalue weighted by atomic mass is 79.9. The molecule has 0 fully saturated rings. The first-order chi connectivity index (χ1) is 14.6. The normalized spacial score (nSPS) is 11.1. The van der Waals surface area contributed by atoms with Crippen molar-refractivity contribution in [3.8, 4) is 11.6 Å². The molecule has 0 atom stereocenters. The van der Waals surface area contributed by atoms with Crippen LogP contribution in [0.4, 0.5) is 8.78 Å². The molecule has 0 unspecified atom stereocenters. The minimum Gasteiger partial charge on any atom is -0.472 e. The summed E-state index contributed by atoms with van der Waals surface area (Å²) in [6, 6.07) is 8.06. The van der Waals surface area contributed by atoms with Crippen LogP contribution in [0, 0.1) is 18.6 Å². The van der Waals surface area contributed by atoms with Crippen molar-refractivity contribution in [2.45, 2.75) is 33.3 Å². The number of rotatable bonds is 6. The summed E-state index contributed by atoms with van der Waals surface area (Å²) < 4.78 is 33.8. The van der Waals surface area contributed by atoms with Crippen LogP contribution in [0.3, 0.4) is 0 Å². The number of primary amides is 1. The maximum Gasteiger partial charge on any atom is 0.276 e. The quantitative estimate of drug-likeness (QED) is 0.554. The van der Waals surface area contributed by atoms with Crippen LogP contribution in [0.1, 0.15) is 47.1 Å². The Bertz CT molecular complexity index is 1230. The van der Waals surface area contributed by atoms with E-state index in [0.717, 1.165) is 12.1 Å². The minimum atomic E-state index is -0.753. The topological polar surface area (TPSA) is 87.2 Å². The fraction of sp³-hybridized carbons (Fsp3) is 0.227. The van der Waals surface area contributed by atoms with Crippen LogP contribution < -0.4 is 16.0 Å². The van der Waals surface area contributed by atoms with Crippen molar-refractivity contribution >= 4 is 21.8 Å². The Hall–Kier alpha value is -3.07. The maximum absolute atomic E-state index is 13.8. The molecule has 2 N–H and O–H groups in total. The first kappa shape index (κ1) is 22.6. The number of carbonyl (C=O) groups is 1. The maximum atomic E-state index is 13.8. The molecule has 1 amide bonds. The van der Waals surface area contributed by atoms with Gasteiger partial charge in [-0.2, -0.15) is 4.98 Å². The molecule has 0 aliphatic carbocycles. The first-order valence-electron chi connectivity index (χ1n) is 9.40. The molecule has 1 aromatic heterocycles. The first-order valence-corrected chi connectivity index (χ1v) is 10.2. The van der Waals surface area contributed by atoms with Crippen molar-refractivity contribution < 1.29 is 18.3 Å². The van der Waals surface area contributed by atoms with Crippen LogP contribution in [0.25, 0.3) is 5.69 Å². The Morgan fingerprint density at radius 1 is 1.23 bits per heavy atom. The van der Waals surface area contributed by atoms with Crippen LogP contribution in [-0.4, -0.2) is 15.5 Å². The molecule has 162 valence electrons. The number of carbonyl (C=O) groups excluding carboxylic acids is 1. The lowest BCUT2D eigenvalue weighted by Crippen LogP contribution is -2.24. The summed E-state index contributed by atoms with van der Waals surface area (Å²) in [6.45, 7) is 5.23. The van der Waals surface area contributed by atoms with E-state index >= 15 is 0 Å². The fourth-order valence-electron chi connectivity index (χ4n) is 3.16. The molecule has 0 bridgehead atoms. The monoisotopic (exact) mass is 491 g/mol. The molecule has 0 spiro atoms. The van der Waals surface area contributed by atoms with Gasteiger partial charge in [0.05, 0.1) is 5.69 Å². The van der Waals surface area contributed by atoms with Gasteiger partial charge in [-0.05, 0) is 64.7 Å². The third kappa shape index (κ3) is 4.66. The van der Waals surface area contributed by atoms with Crippen LogP contribution in [0.2, 0.25) is 0 Å². The Balaban J connectivity index is 1.99. The molecule has 31 heavy (non-hydrogen) atoms. The number of aromatic nitrogens is 2. The number of hydrogen-bond acceptors (Lipinski definition) is 4. The molecule has 9 heteroatoms. The van der Waals surface area contributed by atoms with Gasteiger partial charge in [0.1, 0.15) is 28.5 Å². The van der Waals surface area contributed by atoms with E-state index < -0.39 is 23.1 Å². The van der Waals surface area contributed by atoms with Crippen molar-refractivity contribution in [2.75, 3.05) is 0 Å². The lowest BCUT2D eigenvalue weighted by molar-refractivity contribution is 0.0999. The van der Waals surface area contributed by atoms with Crippen molar-refractivity contribution in [3.63, 3.8) is 0 Å². The predicted octanol–water partition coefficient (Wildman–Crippen LogP) is 4.38. The van der Waals surface area contributed by atoms with E-state index in [0.29, 0.717) is 22.6 Å². The van der Waals surface area contributed by atoms with Gasteiger partial charge in [0.15, 0.2) is 0 Å². The average Bonchev–Trinajstić information content (AvgIpc) is 2.70. The smallest absolute Gasteiger partial charge is 0.276 e. The van der Waals surface area contributed by atoms with E-state index in [1.54, 1.807) is 25.1 Å². The number of benzene rings is 2. The van der Waals surface area contributed by atoms with Gasteiger partial charge >= 0.3 is 0 Å². The van der Waals surface area contributed by atoms with E-state index in [4.69, 9.17) is 10.5 Å². The molecule has 3 rings (SSSR count). The molecule has 6 nitrogen and oxygen atoms in total. The fourth-order valence-corrected chi connectivity index (χ4v) is 3.54. The summed E-state index contributed by atoms with van der Waals surface area (Å²) in [5, 5.41) is 0. The van der Waals surface area contributed by atoms with E-state index in [2.05, 4.69) is 20.9 Å². The zero-order valence-electron chi connectivity index (χ0n) is 17.1. The molecule has 0 saturated heterocycles. The highest BCUT2D eigenvalue weighted by Gasteiger charge is 2.18. The van der Waals surface area contributed by atoms with E-state index in [1.165, 1.54) is 10.6 Å². The standard InChI is InChI=1S/C22H20BrF2N3O3/c1-11(2)17-9-15(6-7-16(17)20(26)29)28-12(3)27-21(19(23)22(28)30)31-10-13-4-5-14(24)8-18(13)25/h4-9,11H,10H2,1-3H3,(H2,26,29). The third-order valence-corrected chi connectivity index (χ3v) is 5.40. The second-order valence-electron chi connectivity index (χ2n) is 7.23. The predicted molar refractivity (Wildman–Crippen MR) is 116 cm³/mol. The summed E-state index contributed by atoms with van der Waals surface area (Å²) in [5.41, 5.74) is 6.75. The SMILES string of the molecule is Cc1nc(OCc2ccc(F)cc2F)c(Br)c(=O)n1-c1ccc(C(N)=O)c(C(C)C)c1. The molecule has 2 aromatic carbocycles. The highest BCUT2D eigenvalue weighted by Crippen LogP contribution is 2.25. The van der Waals surface area contributed by atoms with Crippen molar-refractivity contribution in [1.29, 1.82) is 0 Å². The summed E-state index contributed by atoms with van der Waals surface area (Å²) in [6.07, 6.45) is 0. The molecular weight excluding hydrogens is 472 g/mol. The summed E-state index contributed by atoms with van der Waals surface area (Å²) >= 11 is 3.20. The molecule has 0 aliphatic rings. The van der Waals surface area contributed by atoms with Gasteiger partial charge in [-0.1, -0.05) is 13.8 Å². The summed E-state index contributed by atoms with van der Waals surface area (Å²) in [7, 11) is 0. The van der Waals surface area contributed by atoms with Crippen LogP contribution in [0.5, 0.6) is 5.88 Å². The van der Waals surface area contributed by atoms with Gasteiger partial charge in [0.25, 0.3) is 5.56 Å². The molecule has 3 aromatic rings. The van der Waals surface area contributed by atoms with Crippen LogP contribution in [0.15, 0.2) is 45.7 Å². The van der Waals surface area contributed by atoms with E-state index in [-0.39, 0.29) is 28.4 Å². The van der Waals surface area contributed by atoms with E-state index in [1.807, 2.05) is 13.8 Å². The van der Waals surface area contributed by atoms with Gasteiger partial charge in [0, 0.05) is 17.2 Å². The number of nitrogens with two attached hydrogens (primary N) is 1. The number of hydrogen-bond donors (Lipinski definition) is 1. The van der Waals surface area contributed by atoms with Gasteiger partial charge in [-0.3, -0.25) is 14.2 Å². The number of aryl methyl sites for hydroxylation is 1. The Kier molecular flexibility index (Phi) is 6.54. The zero-order valence-corrected chi connectivity index (χ0v) is 18.7.